The van der Waals surface area contributed by atoms with E-state index in [2.05, 4.69) is 5.10 Å². The first-order valence-corrected chi connectivity index (χ1v) is 10.2. The molecule has 0 radical (unpaired) electrons. The van der Waals surface area contributed by atoms with E-state index in [1.165, 1.54) is 6.20 Å². The largest absolute Gasteiger partial charge is 0.334 e. The van der Waals surface area contributed by atoms with Crippen molar-refractivity contribution in [2.24, 2.45) is 0 Å². The van der Waals surface area contributed by atoms with Crippen LogP contribution in [0.15, 0.2) is 11.0 Å². The van der Waals surface area contributed by atoms with Crippen molar-refractivity contribution in [1.29, 1.82) is 0 Å². The van der Waals surface area contributed by atoms with E-state index < -0.39 is 15.4 Å². The van der Waals surface area contributed by atoms with Gasteiger partial charge < -0.3 is 4.90 Å². The maximum atomic E-state index is 12.7. The molecule has 0 saturated carbocycles. The summed E-state index contributed by atoms with van der Waals surface area (Å²) in [6.45, 7) is 3.46. The molecular weight excluding hydrogens is 377 g/mol. The maximum absolute atomic E-state index is 12.7. The van der Waals surface area contributed by atoms with Gasteiger partial charge in [0.1, 0.15) is 11.6 Å². The van der Waals surface area contributed by atoms with Gasteiger partial charge in [0.25, 0.3) is 5.56 Å². The lowest BCUT2D eigenvalue weighted by molar-refractivity contribution is -0.136. The average Bonchev–Trinajstić information content (AvgIpc) is 2.87. The van der Waals surface area contributed by atoms with Gasteiger partial charge in [-0.15, -0.1) is 0 Å². The molecule has 0 bridgehead atoms. The number of hydrogen-bond donors (Lipinski definition) is 0. The molecule has 1 saturated heterocycles. The van der Waals surface area contributed by atoms with Gasteiger partial charge in [0.05, 0.1) is 22.7 Å². The number of aromatic nitrogens is 2. The Morgan fingerprint density at radius 2 is 2.17 bits per heavy atom. The number of carbonyl (C=O) groups excluding carboxylic acids is 1. The van der Waals surface area contributed by atoms with Crippen LogP contribution in [-0.2, 0) is 21.2 Å². The maximum Gasteiger partial charge on any atom is 0.287 e. The Balaban J connectivity index is 2.26. The Bertz CT molecular complexity index is 794. The lowest BCUT2D eigenvalue weighted by atomic mass is 10.1. The number of sulfone groups is 1. The minimum atomic E-state index is -3.13. The summed E-state index contributed by atoms with van der Waals surface area (Å²) in [7, 11) is -3.13. The molecule has 0 spiro atoms. The Morgan fingerprint density at radius 1 is 1.50 bits per heavy atom. The molecule has 24 heavy (non-hydrogen) atoms. The van der Waals surface area contributed by atoms with Gasteiger partial charge in [0.2, 0.25) is 5.91 Å². The van der Waals surface area contributed by atoms with Crippen LogP contribution in [0, 0.1) is 0 Å². The van der Waals surface area contributed by atoms with E-state index in [4.69, 9.17) is 23.2 Å². The van der Waals surface area contributed by atoms with Gasteiger partial charge in [0, 0.05) is 12.1 Å². The second kappa shape index (κ2) is 7.41. The zero-order valence-corrected chi connectivity index (χ0v) is 15.7. The summed E-state index contributed by atoms with van der Waals surface area (Å²) < 4.78 is 24.4. The molecule has 2 rings (SSSR count). The van der Waals surface area contributed by atoms with Crippen LogP contribution in [0.3, 0.4) is 0 Å². The van der Waals surface area contributed by atoms with Crippen LogP contribution in [0.25, 0.3) is 0 Å². The lowest BCUT2D eigenvalue weighted by Gasteiger charge is -2.33. The summed E-state index contributed by atoms with van der Waals surface area (Å²) >= 11 is 11.5. The Hall–Kier alpha value is -1.12. The van der Waals surface area contributed by atoms with Crippen LogP contribution >= 0.6 is 23.2 Å². The highest BCUT2D eigenvalue weighted by molar-refractivity contribution is 7.91. The molecule has 1 amide bonds. The predicted molar refractivity (Wildman–Crippen MR) is 92.2 cm³/mol. The van der Waals surface area contributed by atoms with Gasteiger partial charge in [0.15, 0.2) is 9.84 Å². The number of halogens is 2. The van der Waals surface area contributed by atoms with Crippen LogP contribution in [-0.4, -0.2) is 52.6 Å². The third kappa shape index (κ3) is 4.10. The smallest absolute Gasteiger partial charge is 0.287 e. The first-order chi connectivity index (χ1) is 11.2. The molecule has 7 nitrogen and oxygen atoms in total. The van der Waals surface area contributed by atoms with Crippen LogP contribution in [0.2, 0.25) is 10.0 Å². The van der Waals surface area contributed by atoms with E-state index in [-0.39, 0.29) is 46.1 Å². The highest BCUT2D eigenvalue weighted by atomic mass is 35.5. The Kier molecular flexibility index (Phi) is 5.93. The zero-order valence-electron chi connectivity index (χ0n) is 13.4. The fraction of sp³-hybridized carbons (Fsp3) is 0.643. The second-order valence-corrected chi connectivity index (χ2v) is 8.90. The molecule has 1 aromatic heterocycles. The third-order valence-electron chi connectivity index (χ3n) is 4.18. The molecule has 0 aromatic carbocycles. The highest BCUT2D eigenvalue weighted by Crippen LogP contribution is 2.22. The van der Waals surface area contributed by atoms with E-state index >= 15 is 0 Å². The first-order valence-electron chi connectivity index (χ1n) is 7.59. The summed E-state index contributed by atoms with van der Waals surface area (Å²) in [5.41, 5.74) is -0.652. The van der Waals surface area contributed by atoms with Gasteiger partial charge in [-0.1, -0.05) is 30.1 Å². The van der Waals surface area contributed by atoms with Gasteiger partial charge in [-0.05, 0) is 19.8 Å². The van der Waals surface area contributed by atoms with E-state index in [9.17, 15) is 18.0 Å². The summed E-state index contributed by atoms with van der Waals surface area (Å²) in [5.74, 6) is -0.338. The molecule has 1 aromatic rings. The fourth-order valence-electron chi connectivity index (χ4n) is 2.77. The molecular formula is C14H19Cl2N3O4S. The third-order valence-corrected chi connectivity index (χ3v) is 6.68. The van der Waals surface area contributed by atoms with Crippen LogP contribution in [0.5, 0.6) is 0 Å². The summed E-state index contributed by atoms with van der Waals surface area (Å²) in [6.07, 6.45) is 2.28. The van der Waals surface area contributed by atoms with Gasteiger partial charge in [-0.2, -0.15) is 5.10 Å². The van der Waals surface area contributed by atoms with Crippen molar-refractivity contribution in [3.05, 3.63) is 26.6 Å². The average molecular weight is 396 g/mol. The van der Waals surface area contributed by atoms with Crippen LogP contribution < -0.4 is 5.56 Å². The molecule has 2 atom stereocenters. The van der Waals surface area contributed by atoms with Crippen molar-refractivity contribution in [2.45, 2.75) is 45.3 Å². The summed E-state index contributed by atoms with van der Waals surface area (Å²) in [6, 6.07) is -0.523. The molecule has 134 valence electrons. The Morgan fingerprint density at radius 3 is 2.71 bits per heavy atom. The summed E-state index contributed by atoms with van der Waals surface area (Å²) in [4.78, 5) is 26.3. The van der Waals surface area contributed by atoms with Crippen LogP contribution in [0.4, 0.5) is 0 Å². The number of hydrogen-bond acceptors (Lipinski definition) is 5. The molecule has 0 unspecified atom stereocenters. The molecule has 1 aliphatic rings. The predicted octanol–water partition coefficient (Wildman–Crippen LogP) is 1.36. The minimum Gasteiger partial charge on any atom is -0.334 e. The fourth-order valence-corrected chi connectivity index (χ4v) is 4.75. The van der Waals surface area contributed by atoms with Crippen LogP contribution in [0.1, 0.15) is 26.7 Å². The van der Waals surface area contributed by atoms with Crippen molar-refractivity contribution in [2.75, 3.05) is 11.5 Å². The molecule has 1 fully saturated rings. The van der Waals surface area contributed by atoms with E-state index in [1.807, 2.05) is 13.8 Å². The molecule has 10 heteroatoms. The van der Waals surface area contributed by atoms with E-state index in [0.29, 0.717) is 12.8 Å². The summed E-state index contributed by atoms with van der Waals surface area (Å²) in [5, 5.41) is 3.65. The van der Waals surface area contributed by atoms with Gasteiger partial charge in [-0.3, -0.25) is 9.59 Å². The molecule has 2 heterocycles. The highest BCUT2D eigenvalue weighted by Gasteiger charge is 2.36. The van der Waals surface area contributed by atoms with Crippen molar-refractivity contribution in [3.8, 4) is 0 Å². The molecule has 1 aliphatic heterocycles. The Labute approximate surface area is 150 Å². The quantitative estimate of drug-likeness (QED) is 0.750. The normalized spacial score (nSPS) is 20.8. The molecule has 0 N–H and O–H groups in total. The van der Waals surface area contributed by atoms with Gasteiger partial charge in [-0.25, -0.2) is 13.1 Å². The topological polar surface area (TPSA) is 89.3 Å². The van der Waals surface area contributed by atoms with E-state index in [1.54, 1.807) is 4.90 Å². The number of nitrogens with zero attached hydrogens (tertiary/aromatic N) is 3. The zero-order chi connectivity index (χ0) is 18.1. The monoisotopic (exact) mass is 395 g/mol. The van der Waals surface area contributed by atoms with Gasteiger partial charge >= 0.3 is 0 Å². The number of rotatable bonds is 5. The van der Waals surface area contributed by atoms with Crippen molar-refractivity contribution in [1.82, 2.24) is 14.7 Å². The first kappa shape index (κ1) is 19.2. The van der Waals surface area contributed by atoms with Crippen molar-refractivity contribution >= 4 is 38.9 Å². The minimum absolute atomic E-state index is 0.0195. The van der Waals surface area contributed by atoms with Crippen molar-refractivity contribution in [3.63, 3.8) is 0 Å². The SMILES string of the molecule is CC[C@H](C)N(C(=O)Cn1ncc(Cl)c(Cl)c1=O)[C@@H]1CCS(=O)(=O)C1. The standard InChI is InChI=1S/C14H19Cl2N3O4S/c1-3-9(2)19(10-4-5-24(22,23)8-10)12(20)7-18-14(21)13(16)11(15)6-17-18/h6,9-10H,3-5,7-8H2,1-2H3/t9-,10+/m0/s1. The van der Waals surface area contributed by atoms with E-state index in [0.717, 1.165) is 4.68 Å². The second-order valence-electron chi connectivity index (χ2n) is 5.88. The van der Waals surface area contributed by atoms with Crippen molar-refractivity contribution < 1.29 is 13.2 Å². The number of carbonyl (C=O) groups is 1. The molecule has 0 aliphatic carbocycles. The lowest BCUT2D eigenvalue weighted by Crippen LogP contribution is -2.48. The number of amides is 1.